The molecular formula is C6H14N2. The molecule has 2 nitrogen and oxygen atoms in total. The number of hydrogen-bond acceptors (Lipinski definition) is 2. The summed E-state index contributed by atoms with van der Waals surface area (Å²) < 4.78 is 0. The highest BCUT2D eigenvalue weighted by Gasteiger charge is 2.13. The van der Waals surface area contributed by atoms with Crippen LogP contribution in [0.2, 0.25) is 0 Å². The van der Waals surface area contributed by atoms with Gasteiger partial charge in [0.2, 0.25) is 0 Å². The third-order valence-electron chi connectivity index (χ3n) is 1.72. The molecule has 1 heterocycles. The van der Waals surface area contributed by atoms with Crippen molar-refractivity contribution in [2.45, 2.75) is 25.9 Å². The Kier molecular flexibility index (Phi) is 1.86. The first-order chi connectivity index (χ1) is 3.80. The van der Waals surface area contributed by atoms with Crippen LogP contribution < -0.4 is 5.73 Å². The van der Waals surface area contributed by atoms with Gasteiger partial charge in [-0.15, -0.1) is 0 Å². The average molecular weight is 114 g/mol. The van der Waals surface area contributed by atoms with Gasteiger partial charge >= 0.3 is 0 Å². The maximum atomic E-state index is 5.62. The van der Waals surface area contributed by atoms with Crippen molar-refractivity contribution in [1.82, 2.24) is 4.90 Å². The minimum absolute atomic E-state index is 0.275. The van der Waals surface area contributed by atoms with Gasteiger partial charge in [-0.25, -0.2) is 0 Å². The van der Waals surface area contributed by atoms with E-state index in [1.54, 1.807) is 0 Å². The molecule has 0 aliphatic carbocycles. The molecule has 2 heteroatoms. The summed E-state index contributed by atoms with van der Waals surface area (Å²) in [5, 5.41) is 0. The quantitative estimate of drug-likeness (QED) is 0.534. The van der Waals surface area contributed by atoms with Crippen LogP contribution in [0.15, 0.2) is 0 Å². The molecule has 0 radical (unpaired) electrons. The molecule has 0 bridgehead atoms. The van der Waals surface area contributed by atoms with Crippen LogP contribution in [0, 0.1) is 0 Å². The number of nitrogens with zero attached hydrogens (tertiary/aromatic N) is 1. The third-order valence-corrected chi connectivity index (χ3v) is 1.72. The number of nitrogens with two attached hydrogens (primary N) is 1. The highest BCUT2D eigenvalue weighted by atomic mass is 15.2. The van der Waals surface area contributed by atoms with E-state index >= 15 is 0 Å². The predicted molar refractivity (Wildman–Crippen MR) is 34.5 cm³/mol. The van der Waals surface area contributed by atoms with E-state index < -0.39 is 0 Å². The highest BCUT2D eigenvalue weighted by Crippen LogP contribution is 2.07. The van der Waals surface area contributed by atoms with Crippen molar-refractivity contribution in [3.05, 3.63) is 0 Å². The second kappa shape index (κ2) is 2.46. The van der Waals surface area contributed by atoms with Gasteiger partial charge in [0.15, 0.2) is 0 Å². The van der Waals surface area contributed by atoms with Gasteiger partial charge in [0.1, 0.15) is 0 Å². The van der Waals surface area contributed by atoms with E-state index in [0.29, 0.717) is 0 Å². The standard InChI is InChI=1S/C6H14N2/c1-6(7)8-4-2-3-5-8/h6H,2-5,7H2,1H3/t6-/m1/s1. The van der Waals surface area contributed by atoms with Crippen molar-refractivity contribution in [2.75, 3.05) is 13.1 Å². The Morgan fingerprint density at radius 3 is 2.12 bits per heavy atom. The maximum absolute atomic E-state index is 5.62. The van der Waals surface area contributed by atoms with Crippen LogP contribution in [-0.4, -0.2) is 24.2 Å². The first kappa shape index (κ1) is 6.05. The molecule has 0 aromatic heterocycles. The molecule has 0 spiro atoms. The van der Waals surface area contributed by atoms with Crippen LogP contribution in [0.1, 0.15) is 19.8 Å². The van der Waals surface area contributed by atoms with E-state index in [9.17, 15) is 0 Å². The molecule has 8 heavy (non-hydrogen) atoms. The fourth-order valence-electron chi connectivity index (χ4n) is 1.15. The van der Waals surface area contributed by atoms with Gasteiger partial charge in [-0.1, -0.05) is 0 Å². The van der Waals surface area contributed by atoms with E-state index in [2.05, 4.69) is 4.90 Å². The van der Waals surface area contributed by atoms with Gasteiger partial charge in [0.05, 0.1) is 6.17 Å². The lowest BCUT2D eigenvalue weighted by Crippen LogP contribution is -2.36. The smallest absolute Gasteiger partial charge is 0.0542 e. The number of hydrogen-bond donors (Lipinski definition) is 1. The highest BCUT2D eigenvalue weighted by molar-refractivity contribution is 4.67. The molecule has 1 atom stereocenters. The van der Waals surface area contributed by atoms with Crippen LogP contribution in [0.3, 0.4) is 0 Å². The molecule has 0 amide bonds. The lowest BCUT2D eigenvalue weighted by atomic mass is 10.4. The minimum atomic E-state index is 0.275. The molecular weight excluding hydrogens is 100 g/mol. The predicted octanol–water partition coefficient (Wildman–Crippen LogP) is 0.387. The van der Waals surface area contributed by atoms with Crippen LogP contribution in [0.25, 0.3) is 0 Å². The monoisotopic (exact) mass is 114 g/mol. The van der Waals surface area contributed by atoms with E-state index in [0.717, 1.165) is 0 Å². The zero-order chi connectivity index (χ0) is 5.98. The summed E-state index contributed by atoms with van der Waals surface area (Å²) in [6.45, 7) is 4.46. The largest absolute Gasteiger partial charge is 0.316 e. The molecule has 1 fully saturated rings. The lowest BCUT2D eigenvalue weighted by Gasteiger charge is -2.18. The molecule has 1 aliphatic heterocycles. The SMILES string of the molecule is C[C@H](N)N1CCCC1. The fourth-order valence-corrected chi connectivity index (χ4v) is 1.15. The Morgan fingerprint density at radius 1 is 1.38 bits per heavy atom. The van der Waals surface area contributed by atoms with E-state index in [1.807, 2.05) is 6.92 Å². The normalized spacial score (nSPS) is 26.2. The molecule has 0 saturated carbocycles. The fraction of sp³-hybridized carbons (Fsp3) is 1.00. The lowest BCUT2D eigenvalue weighted by molar-refractivity contribution is 0.265. The zero-order valence-electron chi connectivity index (χ0n) is 5.43. The average Bonchev–Trinajstić information content (AvgIpc) is 2.12. The molecule has 2 N–H and O–H groups in total. The molecule has 0 unspecified atom stereocenters. The van der Waals surface area contributed by atoms with E-state index in [-0.39, 0.29) is 6.17 Å². The Bertz CT molecular complexity index is 64.9. The van der Waals surface area contributed by atoms with Crippen molar-refractivity contribution >= 4 is 0 Å². The number of likely N-dealkylation sites (tertiary alicyclic amines) is 1. The second-order valence-corrected chi connectivity index (χ2v) is 2.48. The molecule has 0 aromatic carbocycles. The summed E-state index contributed by atoms with van der Waals surface area (Å²) in [4.78, 5) is 2.31. The molecule has 1 rings (SSSR count). The topological polar surface area (TPSA) is 29.3 Å². The van der Waals surface area contributed by atoms with Gasteiger partial charge in [-0.2, -0.15) is 0 Å². The van der Waals surface area contributed by atoms with Gasteiger partial charge in [0, 0.05) is 0 Å². The second-order valence-electron chi connectivity index (χ2n) is 2.48. The summed E-state index contributed by atoms with van der Waals surface area (Å²) in [7, 11) is 0. The van der Waals surface area contributed by atoms with Gasteiger partial charge in [0.25, 0.3) is 0 Å². The number of rotatable bonds is 1. The Labute approximate surface area is 50.7 Å². The molecule has 1 saturated heterocycles. The van der Waals surface area contributed by atoms with E-state index in [4.69, 9.17) is 5.73 Å². The van der Waals surface area contributed by atoms with Crippen molar-refractivity contribution in [1.29, 1.82) is 0 Å². The first-order valence-electron chi connectivity index (χ1n) is 3.30. The zero-order valence-corrected chi connectivity index (χ0v) is 5.43. The molecule has 1 aliphatic rings. The molecule has 0 aromatic rings. The van der Waals surface area contributed by atoms with Crippen LogP contribution >= 0.6 is 0 Å². The van der Waals surface area contributed by atoms with Gasteiger partial charge in [-0.05, 0) is 32.9 Å². The Morgan fingerprint density at radius 2 is 1.88 bits per heavy atom. The Hall–Kier alpha value is -0.0800. The summed E-state index contributed by atoms with van der Waals surface area (Å²) >= 11 is 0. The molecule has 48 valence electrons. The summed E-state index contributed by atoms with van der Waals surface area (Å²) in [6.07, 6.45) is 2.95. The van der Waals surface area contributed by atoms with Gasteiger partial charge < -0.3 is 5.73 Å². The van der Waals surface area contributed by atoms with E-state index in [1.165, 1.54) is 25.9 Å². The van der Waals surface area contributed by atoms with Crippen molar-refractivity contribution < 1.29 is 0 Å². The van der Waals surface area contributed by atoms with Crippen LogP contribution in [0.4, 0.5) is 0 Å². The van der Waals surface area contributed by atoms with Crippen LogP contribution in [-0.2, 0) is 0 Å². The van der Waals surface area contributed by atoms with Crippen molar-refractivity contribution in [2.24, 2.45) is 5.73 Å². The van der Waals surface area contributed by atoms with Crippen molar-refractivity contribution in [3.8, 4) is 0 Å². The first-order valence-corrected chi connectivity index (χ1v) is 3.30. The summed E-state index contributed by atoms with van der Waals surface area (Å²) in [5.41, 5.74) is 5.62. The third kappa shape index (κ3) is 1.20. The Balaban J connectivity index is 2.24. The summed E-state index contributed by atoms with van der Waals surface area (Å²) in [5.74, 6) is 0. The minimum Gasteiger partial charge on any atom is -0.316 e. The van der Waals surface area contributed by atoms with Crippen molar-refractivity contribution in [3.63, 3.8) is 0 Å². The maximum Gasteiger partial charge on any atom is 0.0542 e. The summed E-state index contributed by atoms with van der Waals surface area (Å²) in [6, 6.07) is 0. The van der Waals surface area contributed by atoms with Crippen LogP contribution in [0.5, 0.6) is 0 Å². The van der Waals surface area contributed by atoms with Gasteiger partial charge in [-0.3, -0.25) is 4.90 Å².